The van der Waals surface area contributed by atoms with Crippen molar-refractivity contribution in [3.05, 3.63) is 48.0 Å². The van der Waals surface area contributed by atoms with Crippen LogP contribution in [0.3, 0.4) is 0 Å². The van der Waals surface area contributed by atoms with Gasteiger partial charge in [0.05, 0.1) is 12.0 Å². The summed E-state index contributed by atoms with van der Waals surface area (Å²) in [6.45, 7) is 1.61. The number of amides is 1. The first-order valence-electron chi connectivity index (χ1n) is 8.53. The van der Waals surface area contributed by atoms with Gasteiger partial charge in [0.2, 0.25) is 5.91 Å². The van der Waals surface area contributed by atoms with Crippen molar-refractivity contribution in [2.45, 2.75) is 44.1 Å². The molecule has 2 aromatic rings. The van der Waals surface area contributed by atoms with Crippen LogP contribution in [-0.2, 0) is 11.2 Å². The van der Waals surface area contributed by atoms with Gasteiger partial charge in [-0.15, -0.1) is 0 Å². The topological polar surface area (TPSA) is 51.0 Å². The second-order valence-corrected chi connectivity index (χ2v) is 6.60. The minimum atomic E-state index is 0.0365. The van der Waals surface area contributed by atoms with E-state index >= 15 is 0 Å². The Hall–Kier alpha value is -2.17. The third-order valence-electron chi connectivity index (χ3n) is 5.19. The molecule has 1 aliphatic heterocycles. The second kappa shape index (κ2) is 6.14. The highest BCUT2D eigenvalue weighted by Crippen LogP contribution is 2.34. The van der Waals surface area contributed by atoms with Gasteiger partial charge in [-0.3, -0.25) is 4.79 Å². The Morgan fingerprint density at radius 3 is 2.96 bits per heavy atom. The van der Waals surface area contributed by atoms with E-state index in [1.165, 1.54) is 11.1 Å². The van der Waals surface area contributed by atoms with Crippen LogP contribution in [0.5, 0.6) is 0 Å². The molecule has 4 rings (SSSR count). The molecule has 0 bridgehead atoms. The number of benzene rings is 1. The van der Waals surface area contributed by atoms with E-state index in [0.29, 0.717) is 5.91 Å². The first-order chi connectivity index (χ1) is 11.3. The number of carbonyl (C=O) groups is 1. The largest absolute Gasteiger partial charge is 0.340 e. The minimum Gasteiger partial charge on any atom is -0.340 e. The normalized spacial score (nSPS) is 24.3. The Balaban J connectivity index is 1.53. The van der Waals surface area contributed by atoms with E-state index in [-0.39, 0.29) is 12.0 Å². The molecule has 2 heterocycles. The van der Waals surface area contributed by atoms with Crippen molar-refractivity contribution >= 4 is 5.91 Å². The van der Waals surface area contributed by atoms with E-state index in [9.17, 15) is 4.79 Å². The number of rotatable bonds is 2. The van der Waals surface area contributed by atoms with Crippen molar-refractivity contribution in [2.24, 2.45) is 0 Å². The molecular weight excluding hydrogens is 288 g/mol. The third kappa shape index (κ3) is 2.76. The van der Waals surface area contributed by atoms with Crippen LogP contribution < -0.4 is 0 Å². The molecule has 120 valence electrons. The van der Waals surface area contributed by atoms with Crippen molar-refractivity contribution in [3.63, 3.8) is 0 Å². The fourth-order valence-electron chi connectivity index (χ4n) is 4.01. The molecule has 2 atom stereocenters. The van der Waals surface area contributed by atoms with Crippen LogP contribution in [0.15, 0.2) is 36.9 Å². The van der Waals surface area contributed by atoms with Crippen LogP contribution >= 0.6 is 0 Å². The van der Waals surface area contributed by atoms with E-state index in [0.717, 1.165) is 45.2 Å². The molecule has 0 spiro atoms. The molecule has 1 aromatic carbocycles. The van der Waals surface area contributed by atoms with Gasteiger partial charge in [-0.2, -0.15) is 5.10 Å². The van der Waals surface area contributed by atoms with E-state index in [1.807, 2.05) is 9.58 Å². The number of likely N-dealkylation sites (tertiary alicyclic amines) is 1. The Morgan fingerprint density at radius 2 is 2.09 bits per heavy atom. The van der Waals surface area contributed by atoms with Gasteiger partial charge in [-0.1, -0.05) is 24.3 Å². The smallest absolute Gasteiger partial charge is 0.230 e. The number of carbonyl (C=O) groups excluding carboxylic acids is 1. The van der Waals surface area contributed by atoms with Crippen molar-refractivity contribution in [2.75, 3.05) is 13.1 Å². The van der Waals surface area contributed by atoms with E-state index < -0.39 is 0 Å². The lowest BCUT2D eigenvalue weighted by atomic mass is 9.82. The highest BCUT2D eigenvalue weighted by molar-refractivity contribution is 5.84. The molecular formula is C18H22N4O. The first kappa shape index (κ1) is 14.4. The number of hydrogen-bond acceptors (Lipinski definition) is 3. The zero-order valence-electron chi connectivity index (χ0n) is 13.3. The summed E-state index contributed by atoms with van der Waals surface area (Å²) in [4.78, 5) is 19.2. The molecule has 1 saturated heterocycles. The fraction of sp³-hybridized carbons (Fsp3) is 0.500. The molecule has 1 fully saturated rings. The monoisotopic (exact) mass is 310 g/mol. The summed E-state index contributed by atoms with van der Waals surface area (Å²) < 4.78 is 1.90. The number of piperidine rings is 1. The molecule has 2 aliphatic rings. The molecule has 1 aromatic heterocycles. The maximum Gasteiger partial charge on any atom is 0.230 e. The highest BCUT2D eigenvalue weighted by atomic mass is 16.2. The Bertz CT molecular complexity index is 682. The second-order valence-electron chi connectivity index (χ2n) is 6.60. The van der Waals surface area contributed by atoms with Gasteiger partial charge in [0.15, 0.2) is 0 Å². The number of fused-ring (bicyclic) bond motifs is 1. The van der Waals surface area contributed by atoms with Gasteiger partial charge in [0.1, 0.15) is 12.7 Å². The summed E-state index contributed by atoms with van der Waals surface area (Å²) in [5, 5.41) is 4.25. The Morgan fingerprint density at radius 1 is 1.17 bits per heavy atom. The van der Waals surface area contributed by atoms with Crippen LogP contribution in [0.1, 0.15) is 48.8 Å². The maximum absolute atomic E-state index is 13.1. The quantitative estimate of drug-likeness (QED) is 0.856. The average Bonchev–Trinajstić information content (AvgIpc) is 3.15. The molecule has 5 heteroatoms. The van der Waals surface area contributed by atoms with E-state index in [4.69, 9.17) is 0 Å². The van der Waals surface area contributed by atoms with Crippen molar-refractivity contribution in [1.82, 2.24) is 19.7 Å². The molecule has 5 nitrogen and oxygen atoms in total. The van der Waals surface area contributed by atoms with Crippen LogP contribution in [-0.4, -0.2) is 38.7 Å². The van der Waals surface area contributed by atoms with Gasteiger partial charge in [-0.05, 0) is 43.2 Å². The zero-order chi connectivity index (χ0) is 15.6. The summed E-state index contributed by atoms with van der Waals surface area (Å²) in [6, 6.07) is 8.69. The number of aryl methyl sites for hydroxylation is 1. The lowest BCUT2D eigenvalue weighted by Crippen LogP contribution is -2.43. The zero-order valence-corrected chi connectivity index (χ0v) is 13.3. The van der Waals surface area contributed by atoms with E-state index in [1.54, 1.807) is 12.7 Å². The molecule has 0 N–H and O–H groups in total. The number of nitrogens with zero attached hydrogens (tertiary/aromatic N) is 4. The summed E-state index contributed by atoms with van der Waals surface area (Å²) in [7, 11) is 0. The van der Waals surface area contributed by atoms with Gasteiger partial charge in [0, 0.05) is 13.1 Å². The lowest BCUT2D eigenvalue weighted by molar-refractivity contribution is -0.134. The Kier molecular flexibility index (Phi) is 3.85. The van der Waals surface area contributed by atoms with Crippen LogP contribution in [0, 0.1) is 0 Å². The minimum absolute atomic E-state index is 0.0365. The average molecular weight is 310 g/mol. The standard InChI is InChI=1S/C18H22N4O/c23-18(17-9-3-6-14-5-1-2-8-16(14)17)21-10-4-7-15(11-21)22-13-19-12-20-22/h1-2,5,8,12-13,15,17H,3-4,6-7,9-11H2/t15-,17-/m0/s1. The highest BCUT2D eigenvalue weighted by Gasteiger charge is 2.32. The van der Waals surface area contributed by atoms with Crippen LogP contribution in [0.25, 0.3) is 0 Å². The predicted octanol–water partition coefficient (Wildman–Crippen LogP) is 2.56. The molecule has 23 heavy (non-hydrogen) atoms. The number of hydrogen-bond donors (Lipinski definition) is 0. The predicted molar refractivity (Wildman–Crippen MR) is 87.0 cm³/mol. The summed E-state index contributed by atoms with van der Waals surface area (Å²) >= 11 is 0. The Labute approximate surface area is 136 Å². The molecule has 0 radical (unpaired) electrons. The van der Waals surface area contributed by atoms with Crippen molar-refractivity contribution in [3.8, 4) is 0 Å². The lowest BCUT2D eigenvalue weighted by Gasteiger charge is -2.36. The van der Waals surface area contributed by atoms with Crippen molar-refractivity contribution < 1.29 is 4.79 Å². The van der Waals surface area contributed by atoms with Gasteiger partial charge in [-0.25, -0.2) is 9.67 Å². The van der Waals surface area contributed by atoms with Gasteiger partial charge >= 0.3 is 0 Å². The fourth-order valence-corrected chi connectivity index (χ4v) is 4.01. The first-order valence-corrected chi connectivity index (χ1v) is 8.53. The van der Waals surface area contributed by atoms with Crippen LogP contribution in [0.4, 0.5) is 0 Å². The van der Waals surface area contributed by atoms with Crippen LogP contribution in [0.2, 0.25) is 0 Å². The molecule has 0 saturated carbocycles. The number of aromatic nitrogens is 3. The van der Waals surface area contributed by atoms with Gasteiger partial charge < -0.3 is 4.90 Å². The molecule has 0 unspecified atom stereocenters. The molecule has 1 amide bonds. The van der Waals surface area contributed by atoms with Gasteiger partial charge in [0.25, 0.3) is 0 Å². The van der Waals surface area contributed by atoms with E-state index in [2.05, 4.69) is 34.3 Å². The SMILES string of the molecule is O=C([C@H]1CCCc2ccccc21)N1CCC[C@H](n2cncn2)C1. The third-order valence-corrected chi connectivity index (χ3v) is 5.19. The maximum atomic E-state index is 13.1. The van der Waals surface area contributed by atoms with Crippen molar-refractivity contribution in [1.29, 1.82) is 0 Å². The summed E-state index contributed by atoms with van der Waals surface area (Å²) in [5.41, 5.74) is 2.59. The summed E-state index contributed by atoms with van der Waals surface area (Å²) in [6.07, 6.45) is 8.60. The molecule has 1 aliphatic carbocycles. The summed E-state index contributed by atoms with van der Waals surface area (Å²) in [5.74, 6) is 0.330.